The van der Waals surface area contributed by atoms with E-state index in [9.17, 15) is 4.79 Å². The number of hydrogen-bond donors (Lipinski definition) is 1. The minimum atomic E-state index is -0.350. The van der Waals surface area contributed by atoms with Gasteiger partial charge in [-0.25, -0.2) is 0 Å². The third kappa shape index (κ3) is 1.47. The van der Waals surface area contributed by atoms with E-state index in [1.54, 1.807) is 18.2 Å². The summed E-state index contributed by atoms with van der Waals surface area (Å²) in [5, 5.41) is 3.38. The largest absolute Gasteiger partial charge is 0.477 e. The van der Waals surface area contributed by atoms with E-state index in [0.717, 1.165) is 12.8 Å². The molecule has 1 atom stereocenters. The molecule has 78 valence electrons. The monoisotopic (exact) mass is 223 g/mol. The highest BCUT2D eigenvalue weighted by atomic mass is 35.5. The topological polar surface area (TPSA) is 38.3 Å². The summed E-state index contributed by atoms with van der Waals surface area (Å²) in [6.07, 6.45) is 1.79. The van der Waals surface area contributed by atoms with Gasteiger partial charge in [-0.05, 0) is 25.0 Å². The Hall–Kier alpha value is -1.22. The molecule has 3 rings (SSSR count). The van der Waals surface area contributed by atoms with Crippen LogP contribution in [0.5, 0.6) is 5.75 Å². The van der Waals surface area contributed by atoms with Crippen LogP contribution in [0.25, 0.3) is 0 Å². The maximum absolute atomic E-state index is 11.7. The molecule has 1 unspecified atom stereocenters. The van der Waals surface area contributed by atoms with Crippen molar-refractivity contribution in [1.82, 2.24) is 0 Å². The molecule has 0 saturated heterocycles. The number of halogens is 1. The number of nitrogens with one attached hydrogen (secondary N) is 1. The van der Waals surface area contributed by atoms with E-state index in [1.807, 2.05) is 0 Å². The fourth-order valence-corrected chi connectivity index (χ4v) is 2.04. The van der Waals surface area contributed by atoms with Crippen molar-refractivity contribution in [3.8, 4) is 5.75 Å². The van der Waals surface area contributed by atoms with Gasteiger partial charge in [0.25, 0.3) is 5.91 Å². The molecule has 0 spiro atoms. The standard InChI is InChI=1S/C11H10ClNO2/c12-7-2-1-3-8-10(7)15-9(6-4-5-6)11(14)13-8/h1-3,6,9H,4-5H2,(H,13,14). The fraction of sp³-hybridized carbons (Fsp3) is 0.364. The van der Waals surface area contributed by atoms with Crippen LogP contribution in [-0.2, 0) is 4.79 Å². The molecule has 1 saturated carbocycles. The Bertz CT molecular complexity index is 429. The molecular formula is C11H10ClNO2. The first-order chi connectivity index (χ1) is 7.25. The van der Waals surface area contributed by atoms with Crippen LogP contribution >= 0.6 is 11.6 Å². The van der Waals surface area contributed by atoms with Crippen LogP contribution in [0.4, 0.5) is 5.69 Å². The second-order valence-corrected chi connectivity index (χ2v) is 4.39. The van der Waals surface area contributed by atoms with Crippen molar-refractivity contribution in [3.63, 3.8) is 0 Å². The summed E-state index contributed by atoms with van der Waals surface area (Å²) in [6, 6.07) is 5.35. The SMILES string of the molecule is O=C1Nc2cccc(Cl)c2OC1C1CC1. The second kappa shape index (κ2) is 3.14. The lowest BCUT2D eigenvalue weighted by Gasteiger charge is -2.26. The predicted molar refractivity (Wildman–Crippen MR) is 57.2 cm³/mol. The summed E-state index contributed by atoms with van der Waals surface area (Å²) in [4.78, 5) is 11.7. The quantitative estimate of drug-likeness (QED) is 0.794. The average Bonchev–Trinajstić information content (AvgIpc) is 3.01. The van der Waals surface area contributed by atoms with E-state index in [2.05, 4.69) is 5.32 Å². The second-order valence-electron chi connectivity index (χ2n) is 3.98. The summed E-state index contributed by atoms with van der Waals surface area (Å²) in [6.45, 7) is 0. The zero-order chi connectivity index (χ0) is 10.4. The predicted octanol–water partition coefficient (Wildman–Crippen LogP) is 2.45. The lowest BCUT2D eigenvalue weighted by atomic mass is 10.1. The molecule has 1 N–H and O–H groups in total. The lowest BCUT2D eigenvalue weighted by Crippen LogP contribution is -2.38. The van der Waals surface area contributed by atoms with Gasteiger partial charge in [-0.3, -0.25) is 4.79 Å². The van der Waals surface area contributed by atoms with Crippen molar-refractivity contribution in [2.45, 2.75) is 18.9 Å². The van der Waals surface area contributed by atoms with E-state index < -0.39 is 0 Å². The Morgan fingerprint density at radius 3 is 2.93 bits per heavy atom. The molecule has 1 aliphatic carbocycles. The molecule has 1 aliphatic heterocycles. The van der Waals surface area contributed by atoms with Crippen molar-refractivity contribution in [1.29, 1.82) is 0 Å². The summed E-state index contributed by atoms with van der Waals surface area (Å²) in [5.41, 5.74) is 0.671. The first-order valence-electron chi connectivity index (χ1n) is 5.02. The van der Waals surface area contributed by atoms with Crippen LogP contribution < -0.4 is 10.1 Å². The molecule has 0 radical (unpaired) electrons. The van der Waals surface area contributed by atoms with Crippen LogP contribution in [0.2, 0.25) is 5.02 Å². The Morgan fingerprint density at radius 1 is 1.40 bits per heavy atom. The van der Waals surface area contributed by atoms with Crippen molar-refractivity contribution in [2.75, 3.05) is 5.32 Å². The molecule has 1 aromatic carbocycles. The smallest absolute Gasteiger partial charge is 0.265 e. The third-order valence-electron chi connectivity index (χ3n) is 2.78. The molecular weight excluding hydrogens is 214 g/mol. The fourth-order valence-electron chi connectivity index (χ4n) is 1.82. The Kier molecular flexibility index (Phi) is 1.89. The van der Waals surface area contributed by atoms with Gasteiger partial charge < -0.3 is 10.1 Å². The number of para-hydroxylation sites is 1. The Balaban J connectivity index is 1.99. The number of ether oxygens (including phenoxy) is 1. The molecule has 1 fully saturated rings. The molecule has 0 bridgehead atoms. The van der Waals surface area contributed by atoms with Gasteiger partial charge in [-0.1, -0.05) is 17.7 Å². The maximum Gasteiger partial charge on any atom is 0.265 e. The maximum atomic E-state index is 11.7. The van der Waals surface area contributed by atoms with Gasteiger partial charge in [0.05, 0.1) is 10.7 Å². The van der Waals surface area contributed by atoms with E-state index >= 15 is 0 Å². The van der Waals surface area contributed by atoms with E-state index in [-0.39, 0.29) is 12.0 Å². The van der Waals surface area contributed by atoms with Crippen molar-refractivity contribution in [3.05, 3.63) is 23.2 Å². The van der Waals surface area contributed by atoms with Crippen LogP contribution in [0.15, 0.2) is 18.2 Å². The summed E-state index contributed by atoms with van der Waals surface area (Å²) in [5.74, 6) is 0.928. The molecule has 15 heavy (non-hydrogen) atoms. The molecule has 0 aromatic heterocycles. The molecule has 1 heterocycles. The highest BCUT2D eigenvalue weighted by Gasteiger charge is 2.41. The number of anilines is 1. The van der Waals surface area contributed by atoms with Gasteiger partial charge in [0.2, 0.25) is 0 Å². The van der Waals surface area contributed by atoms with E-state index in [4.69, 9.17) is 16.3 Å². The molecule has 1 amide bonds. The number of rotatable bonds is 1. The van der Waals surface area contributed by atoms with Gasteiger partial charge in [0.15, 0.2) is 11.9 Å². The number of fused-ring (bicyclic) bond motifs is 1. The summed E-state index contributed by atoms with van der Waals surface area (Å²) < 4.78 is 5.65. The van der Waals surface area contributed by atoms with E-state index in [1.165, 1.54) is 0 Å². The first kappa shape index (κ1) is 9.04. The summed E-state index contributed by atoms with van der Waals surface area (Å²) >= 11 is 6.00. The zero-order valence-corrected chi connectivity index (χ0v) is 8.75. The van der Waals surface area contributed by atoms with Crippen LogP contribution in [-0.4, -0.2) is 12.0 Å². The van der Waals surface area contributed by atoms with Gasteiger partial charge in [0.1, 0.15) is 0 Å². The minimum absolute atomic E-state index is 0.0488. The highest BCUT2D eigenvalue weighted by molar-refractivity contribution is 6.32. The van der Waals surface area contributed by atoms with Gasteiger partial charge in [-0.15, -0.1) is 0 Å². The average molecular weight is 224 g/mol. The molecule has 3 nitrogen and oxygen atoms in total. The Morgan fingerprint density at radius 2 is 2.20 bits per heavy atom. The number of benzene rings is 1. The van der Waals surface area contributed by atoms with Crippen molar-refractivity contribution < 1.29 is 9.53 Å². The van der Waals surface area contributed by atoms with Crippen molar-refractivity contribution in [2.24, 2.45) is 5.92 Å². The van der Waals surface area contributed by atoms with Crippen LogP contribution in [0.1, 0.15) is 12.8 Å². The Labute approximate surface area is 92.4 Å². The number of hydrogen-bond acceptors (Lipinski definition) is 2. The number of carbonyl (C=O) groups excluding carboxylic acids is 1. The third-order valence-corrected chi connectivity index (χ3v) is 3.08. The number of amides is 1. The molecule has 2 aliphatic rings. The van der Waals surface area contributed by atoms with Crippen LogP contribution in [0.3, 0.4) is 0 Å². The normalized spacial score (nSPS) is 24.1. The highest BCUT2D eigenvalue weighted by Crippen LogP contribution is 2.42. The van der Waals surface area contributed by atoms with Gasteiger partial charge >= 0.3 is 0 Å². The van der Waals surface area contributed by atoms with Gasteiger partial charge in [0, 0.05) is 5.92 Å². The van der Waals surface area contributed by atoms with Crippen LogP contribution in [0, 0.1) is 5.92 Å². The molecule has 1 aromatic rings. The minimum Gasteiger partial charge on any atom is -0.477 e. The zero-order valence-electron chi connectivity index (χ0n) is 8.00. The molecule has 4 heteroatoms. The lowest BCUT2D eigenvalue weighted by molar-refractivity contribution is -0.124. The van der Waals surface area contributed by atoms with Crippen molar-refractivity contribution >= 4 is 23.2 Å². The first-order valence-corrected chi connectivity index (χ1v) is 5.39. The van der Waals surface area contributed by atoms with E-state index in [0.29, 0.717) is 22.4 Å². The summed E-state index contributed by atoms with van der Waals surface area (Å²) in [7, 11) is 0. The number of carbonyl (C=O) groups is 1. The van der Waals surface area contributed by atoms with Gasteiger partial charge in [-0.2, -0.15) is 0 Å².